The molecule has 2 heteroatoms. The van der Waals surface area contributed by atoms with Gasteiger partial charge in [0.25, 0.3) is 0 Å². The Morgan fingerprint density at radius 1 is 0.469 bits per heavy atom. The van der Waals surface area contributed by atoms with E-state index in [0.29, 0.717) is 0 Å². The predicted octanol–water partition coefficient (Wildman–Crippen LogP) is 8.88. The Kier molecular flexibility index (Phi) is 5.07. The maximum Gasteiger partial charge on any atom is 0.143 e. The lowest BCUT2D eigenvalue weighted by Crippen LogP contribution is -2.10. The Balaban J connectivity index is 1.83. The zero-order valence-corrected chi connectivity index (χ0v) is 18.6. The molecule has 0 heterocycles. The van der Waals surface area contributed by atoms with Crippen molar-refractivity contribution in [3.05, 3.63) is 109 Å². The molecule has 0 aliphatic heterocycles. The molecule has 0 amide bonds. The molecule has 0 aromatic heterocycles. The maximum absolute atomic E-state index is 6.52. The van der Waals surface area contributed by atoms with Crippen LogP contribution in [0.3, 0.4) is 0 Å². The van der Waals surface area contributed by atoms with Crippen LogP contribution < -0.4 is 9.47 Å². The molecule has 0 bridgehead atoms. The first kappa shape index (κ1) is 20.1. The van der Waals surface area contributed by atoms with E-state index < -0.39 is 0 Å². The number of hydrogen-bond acceptors (Lipinski definition) is 2. The standard InChI is InChI=1S/C30H26O2/c1-30(2,3)21-18-19-26-27(20-21)29(32-23-14-8-5-9-15-23)25-17-11-10-16-24(25)28(26)31-22-12-6-4-7-13-22/h4-20H,1-3H3. The summed E-state index contributed by atoms with van der Waals surface area (Å²) in [5, 5.41) is 4.14. The van der Waals surface area contributed by atoms with E-state index in [1.54, 1.807) is 0 Å². The molecule has 0 atom stereocenters. The molecule has 32 heavy (non-hydrogen) atoms. The lowest BCUT2D eigenvalue weighted by Gasteiger charge is -2.22. The van der Waals surface area contributed by atoms with E-state index >= 15 is 0 Å². The van der Waals surface area contributed by atoms with Crippen LogP contribution in [-0.2, 0) is 5.41 Å². The summed E-state index contributed by atoms with van der Waals surface area (Å²) < 4.78 is 13.0. The van der Waals surface area contributed by atoms with Gasteiger partial charge in [-0.1, -0.05) is 93.6 Å². The molecule has 0 aliphatic carbocycles. The minimum atomic E-state index is 0.0182. The van der Waals surface area contributed by atoms with Crippen LogP contribution in [0.1, 0.15) is 26.3 Å². The number of para-hydroxylation sites is 2. The molecule has 5 rings (SSSR count). The van der Waals surface area contributed by atoms with Crippen LogP contribution in [0.25, 0.3) is 21.5 Å². The third-order valence-electron chi connectivity index (χ3n) is 5.72. The average molecular weight is 419 g/mol. The van der Waals surface area contributed by atoms with E-state index in [0.717, 1.165) is 44.5 Å². The number of ether oxygens (including phenoxy) is 2. The smallest absolute Gasteiger partial charge is 0.143 e. The molecule has 2 nitrogen and oxygen atoms in total. The van der Waals surface area contributed by atoms with E-state index in [1.807, 2.05) is 72.8 Å². The Morgan fingerprint density at radius 2 is 0.906 bits per heavy atom. The third kappa shape index (κ3) is 3.80. The van der Waals surface area contributed by atoms with Crippen molar-refractivity contribution in [3.63, 3.8) is 0 Å². The van der Waals surface area contributed by atoms with E-state index in [1.165, 1.54) is 5.56 Å². The average Bonchev–Trinajstić information content (AvgIpc) is 2.81. The lowest BCUT2D eigenvalue weighted by atomic mass is 9.85. The first-order chi connectivity index (χ1) is 15.5. The lowest BCUT2D eigenvalue weighted by molar-refractivity contribution is 0.485. The van der Waals surface area contributed by atoms with Crippen LogP contribution in [0.2, 0.25) is 0 Å². The first-order valence-electron chi connectivity index (χ1n) is 11.0. The highest BCUT2D eigenvalue weighted by Crippen LogP contribution is 2.46. The Morgan fingerprint density at radius 3 is 1.41 bits per heavy atom. The molecule has 5 aromatic rings. The van der Waals surface area contributed by atoms with Gasteiger partial charge in [-0.2, -0.15) is 0 Å². The molecule has 0 aliphatic rings. The fourth-order valence-electron chi connectivity index (χ4n) is 4.00. The predicted molar refractivity (Wildman–Crippen MR) is 133 cm³/mol. The minimum absolute atomic E-state index is 0.0182. The topological polar surface area (TPSA) is 18.5 Å². The van der Waals surface area contributed by atoms with Crippen molar-refractivity contribution in [2.24, 2.45) is 0 Å². The van der Waals surface area contributed by atoms with Crippen molar-refractivity contribution in [1.29, 1.82) is 0 Å². The largest absolute Gasteiger partial charge is 0.456 e. The van der Waals surface area contributed by atoms with Crippen LogP contribution in [0.4, 0.5) is 0 Å². The zero-order valence-electron chi connectivity index (χ0n) is 18.6. The fraction of sp³-hybridized carbons (Fsp3) is 0.133. The fourth-order valence-corrected chi connectivity index (χ4v) is 4.00. The summed E-state index contributed by atoms with van der Waals surface area (Å²) in [5.74, 6) is 3.34. The van der Waals surface area contributed by atoms with Gasteiger partial charge in [-0.05, 0) is 41.3 Å². The number of fused-ring (bicyclic) bond motifs is 2. The molecule has 0 fully saturated rings. The number of hydrogen-bond donors (Lipinski definition) is 0. The molecule has 0 radical (unpaired) electrons. The van der Waals surface area contributed by atoms with Gasteiger partial charge in [0.05, 0.1) is 0 Å². The highest BCUT2D eigenvalue weighted by Gasteiger charge is 2.21. The molecule has 0 unspecified atom stereocenters. The summed E-state index contributed by atoms with van der Waals surface area (Å²) in [5.41, 5.74) is 1.27. The van der Waals surface area contributed by atoms with Crippen LogP contribution in [0.15, 0.2) is 103 Å². The van der Waals surface area contributed by atoms with E-state index in [4.69, 9.17) is 9.47 Å². The number of benzene rings is 5. The second-order valence-electron chi connectivity index (χ2n) is 9.04. The second kappa shape index (κ2) is 8.05. The van der Waals surface area contributed by atoms with Gasteiger partial charge in [0.2, 0.25) is 0 Å². The Hall–Kier alpha value is -3.78. The Bertz CT molecular complexity index is 1380. The van der Waals surface area contributed by atoms with Crippen LogP contribution >= 0.6 is 0 Å². The van der Waals surface area contributed by atoms with Gasteiger partial charge in [-0.25, -0.2) is 0 Å². The van der Waals surface area contributed by atoms with Gasteiger partial charge < -0.3 is 9.47 Å². The van der Waals surface area contributed by atoms with Gasteiger partial charge in [0.15, 0.2) is 0 Å². The molecule has 158 valence electrons. The number of rotatable bonds is 4. The van der Waals surface area contributed by atoms with Crippen LogP contribution in [-0.4, -0.2) is 0 Å². The van der Waals surface area contributed by atoms with Crippen molar-refractivity contribution < 1.29 is 9.47 Å². The highest BCUT2D eigenvalue weighted by atomic mass is 16.5. The summed E-state index contributed by atoms with van der Waals surface area (Å²) in [6, 6.07) is 34.8. The summed E-state index contributed by atoms with van der Waals surface area (Å²) in [4.78, 5) is 0. The van der Waals surface area contributed by atoms with Gasteiger partial charge in [-0.3, -0.25) is 0 Å². The summed E-state index contributed by atoms with van der Waals surface area (Å²) in [7, 11) is 0. The SMILES string of the molecule is CC(C)(C)c1ccc2c(Oc3ccccc3)c3ccccc3c(Oc3ccccc3)c2c1. The molecular formula is C30H26O2. The van der Waals surface area contributed by atoms with Crippen LogP contribution in [0.5, 0.6) is 23.0 Å². The van der Waals surface area contributed by atoms with Crippen molar-refractivity contribution >= 4 is 21.5 Å². The van der Waals surface area contributed by atoms with Gasteiger partial charge in [-0.15, -0.1) is 0 Å². The zero-order chi connectivity index (χ0) is 22.1. The van der Waals surface area contributed by atoms with Gasteiger partial charge in [0, 0.05) is 21.5 Å². The minimum Gasteiger partial charge on any atom is -0.456 e. The molecule has 0 N–H and O–H groups in total. The normalized spacial score (nSPS) is 11.6. The monoisotopic (exact) mass is 418 g/mol. The molecule has 0 spiro atoms. The second-order valence-corrected chi connectivity index (χ2v) is 9.04. The highest BCUT2D eigenvalue weighted by molar-refractivity contribution is 6.11. The summed E-state index contributed by atoms with van der Waals surface area (Å²) in [6.07, 6.45) is 0. The van der Waals surface area contributed by atoms with E-state index in [2.05, 4.69) is 51.1 Å². The van der Waals surface area contributed by atoms with Crippen molar-refractivity contribution in [2.45, 2.75) is 26.2 Å². The quantitative estimate of drug-likeness (QED) is 0.271. The van der Waals surface area contributed by atoms with E-state index in [-0.39, 0.29) is 5.41 Å². The first-order valence-corrected chi connectivity index (χ1v) is 11.0. The molecule has 5 aromatic carbocycles. The summed E-state index contributed by atoms with van der Waals surface area (Å²) in [6.45, 7) is 6.69. The maximum atomic E-state index is 6.52. The van der Waals surface area contributed by atoms with Crippen molar-refractivity contribution in [2.75, 3.05) is 0 Å². The molecule has 0 saturated heterocycles. The Labute approximate surface area is 189 Å². The molecule has 0 saturated carbocycles. The van der Waals surface area contributed by atoms with Crippen LogP contribution in [0, 0.1) is 0 Å². The van der Waals surface area contributed by atoms with Gasteiger partial charge in [0.1, 0.15) is 23.0 Å². The summed E-state index contributed by atoms with van der Waals surface area (Å²) >= 11 is 0. The van der Waals surface area contributed by atoms with Crippen molar-refractivity contribution in [1.82, 2.24) is 0 Å². The van der Waals surface area contributed by atoms with E-state index in [9.17, 15) is 0 Å². The van der Waals surface area contributed by atoms with Crippen molar-refractivity contribution in [3.8, 4) is 23.0 Å². The third-order valence-corrected chi connectivity index (χ3v) is 5.72. The van der Waals surface area contributed by atoms with Gasteiger partial charge >= 0.3 is 0 Å². The molecular weight excluding hydrogens is 392 g/mol.